The van der Waals surface area contributed by atoms with E-state index in [-0.39, 0.29) is 0 Å². The molecule has 1 aromatic carbocycles. The Bertz CT molecular complexity index is 533. The summed E-state index contributed by atoms with van der Waals surface area (Å²) in [4.78, 5) is 0. The van der Waals surface area contributed by atoms with Gasteiger partial charge in [-0.1, -0.05) is 111 Å². The lowest BCUT2D eigenvalue weighted by molar-refractivity contribution is 0.481. The van der Waals surface area contributed by atoms with Crippen molar-refractivity contribution >= 4 is 0 Å². The van der Waals surface area contributed by atoms with E-state index in [1.165, 1.54) is 47.1 Å². The maximum absolute atomic E-state index is 3.91. The molecule has 0 saturated heterocycles. The Labute approximate surface area is 185 Å². The van der Waals surface area contributed by atoms with Crippen molar-refractivity contribution in [1.82, 2.24) is 0 Å². The van der Waals surface area contributed by atoms with Crippen LogP contribution in [-0.2, 0) is 6.42 Å². The summed E-state index contributed by atoms with van der Waals surface area (Å²) in [7, 11) is 0. The van der Waals surface area contributed by atoms with Crippen molar-refractivity contribution in [2.24, 2.45) is 17.8 Å². The molecule has 0 bridgehead atoms. The molecule has 0 nitrogen and oxygen atoms in total. The Morgan fingerprint density at radius 2 is 1.38 bits per heavy atom. The molecule has 0 aliphatic rings. The number of allylic oxidation sites excluding steroid dienone is 2. The minimum absolute atomic E-state index is 0.676. The van der Waals surface area contributed by atoms with Gasteiger partial charge >= 0.3 is 0 Å². The van der Waals surface area contributed by atoms with Gasteiger partial charge in [0, 0.05) is 0 Å². The average molecular weight is 403 g/mol. The first kappa shape index (κ1) is 32.4. The van der Waals surface area contributed by atoms with Crippen LogP contribution in [0.1, 0.15) is 105 Å². The number of rotatable bonds is 7. The van der Waals surface area contributed by atoms with E-state index in [0.29, 0.717) is 5.92 Å². The van der Waals surface area contributed by atoms with Gasteiger partial charge in [0.1, 0.15) is 0 Å². The van der Waals surface area contributed by atoms with Crippen LogP contribution in [0.15, 0.2) is 42.5 Å². The number of aryl methyl sites for hydroxylation is 3. The van der Waals surface area contributed by atoms with E-state index < -0.39 is 0 Å². The molecule has 1 aromatic rings. The lowest BCUT2D eigenvalue weighted by atomic mass is 9.92. The molecule has 0 heteroatoms. The van der Waals surface area contributed by atoms with Crippen molar-refractivity contribution < 1.29 is 0 Å². The number of hydrogen-bond donors (Lipinski definition) is 0. The first-order chi connectivity index (χ1) is 13.5. The van der Waals surface area contributed by atoms with Gasteiger partial charge in [0.2, 0.25) is 0 Å². The van der Waals surface area contributed by atoms with Gasteiger partial charge in [-0.25, -0.2) is 0 Å². The summed E-state index contributed by atoms with van der Waals surface area (Å²) < 4.78 is 0. The lowest BCUT2D eigenvalue weighted by Crippen LogP contribution is -2.03. The SMILES string of the molecule is C=C(C)C(C)CCCC.C=C(C)[C@@H](C)C(C)C.CC.CCc1ccc(C)c(C)c1. The number of unbranched alkanes of at least 4 members (excludes halogenated alkanes) is 1. The summed E-state index contributed by atoms with van der Waals surface area (Å²) in [5, 5.41) is 0. The summed E-state index contributed by atoms with van der Waals surface area (Å²) in [5.74, 6) is 2.15. The average Bonchev–Trinajstić information content (AvgIpc) is 2.69. The van der Waals surface area contributed by atoms with E-state index in [1.54, 1.807) is 0 Å². The van der Waals surface area contributed by atoms with E-state index in [0.717, 1.165) is 18.3 Å². The first-order valence-electron chi connectivity index (χ1n) is 11.8. The number of hydrogen-bond acceptors (Lipinski definition) is 0. The van der Waals surface area contributed by atoms with Gasteiger partial charge in [-0.15, -0.1) is 0 Å². The van der Waals surface area contributed by atoms with Crippen molar-refractivity contribution in [3.05, 3.63) is 59.2 Å². The van der Waals surface area contributed by atoms with Gasteiger partial charge in [-0.05, 0) is 75.0 Å². The van der Waals surface area contributed by atoms with E-state index >= 15 is 0 Å². The zero-order valence-electron chi connectivity index (χ0n) is 22.2. The zero-order valence-corrected chi connectivity index (χ0v) is 22.2. The van der Waals surface area contributed by atoms with Gasteiger partial charge in [0.05, 0.1) is 0 Å². The normalized spacial score (nSPS) is 11.6. The van der Waals surface area contributed by atoms with Crippen LogP contribution in [0.5, 0.6) is 0 Å². The molecule has 0 fully saturated rings. The largest absolute Gasteiger partial charge is 0.0999 e. The Kier molecular flexibility index (Phi) is 22.3. The predicted octanol–water partition coefficient (Wildman–Crippen LogP) is 10.1. The summed E-state index contributed by atoms with van der Waals surface area (Å²) in [6.45, 7) is 33.6. The highest BCUT2D eigenvalue weighted by molar-refractivity contribution is 5.29. The number of benzene rings is 1. The molecule has 0 spiro atoms. The molecular formula is C29H54. The van der Waals surface area contributed by atoms with E-state index in [4.69, 9.17) is 0 Å². The lowest BCUT2D eigenvalue weighted by Gasteiger charge is -2.13. The van der Waals surface area contributed by atoms with Crippen molar-refractivity contribution in [2.75, 3.05) is 0 Å². The molecule has 0 amide bonds. The molecule has 0 aliphatic heterocycles. The fraction of sp³-hybridized carbons (Fsp3) is 0.655. The van der Waals surface area contributed by atoms with Crippen molar-refractivity contribution in [1.29, 1.82) is 0 Å². The van der Waals surface area contributed by atoms with Gasteiger partial charge < -0.3 is 0 Å². The third-order valence-corrected chi connectivity index (χ3v) is 5.59. The second kappa shape index (κ2) is 20.0. The second-order valence-corrected chi connectivity index (χ2v) is 8.54. The Morgan fingerprint density at radius 1 is 0.862 bits per heavy atom. The predicted molar refractivity (Wildman–Crippen MR) is 139 cm³/mol. The van der Waals surface area contributed by atoms with Crippen LogP contribution in [0.3, 0.4) is 0 Å². The molecule has 1 unspecified atom stereocenters. The van der Waals surface area contributed by atoms with Crippen LogP contribution in [0, 0.1) is 31.6 Å². The summed E-state index contributed by atoms with van der Waals surface area (Å²) in [6, 6.07) is 6.64. The quantitative estimate of drug-likeness (QED) is 0.398. The van der Waals surface area contributed by atoms with Crippen molar-refractivity contribution in [3.8, 4) is 0 Å². The summed E-state index contributed by atoms with van der Waals surface area (Å²) in [5.41, 5.74) is 6.84. The highest BCUT2D eigenvalue weighted by atomic mass is 14.1. The Hall–Kier alpha value is -1.30. The maximum atomic E-state index is 3.91. The van der Waals surface area contributed by atoms with Crippen LogP contribution in [-0.4, -0.2) is 0 Å². The molecule has 0 aliphatic carbocycles. The molecule has 1 rings (SSSR count). The van der Waals surface area contributed by atoms with Gasteiger partial charge in [0.25, 0.3) is 0 Å². The fourth-order valence-corrected chi connectivity index (χ4v) is 2.35. The van der Waals surface area contributed by atoms with Crippen LogP contribution < -0.4 is 0 Å². The first-order valence-corrected chi connectivity index (χ1v) is 11.8. The highest BCUT2D eigenvalue weighted by Gasteiger charge is 2.05. The molecule has 170 valence electrons. The molecule has 0 saturated carbocycles. The van der Waals surface area contributed by atoms with Crippen LogP contribution in [0.2, 0.25) is 0 Å². The van der Waals surface area contributed by atoms with E-state index in [9.17, 15) is 0 Å². The third-order valence-electron chi connectivity index (χ3n) is 5.59. The minimum atomic E-state index is 0.676. The molecule has 0 radical (unpaired) electrons. The Morgan fingerprint density at radius 3 is 1.66 bits per heavy atom. The van der Waals surface area contributed by atoms with E-state index in [1.807, 2.05) is 13.8 Å². The standard InChI is InChI=1S/C10H14.C9H18.C8H16.C2H6/c1-4-10-6-5-8(2)9(3)7-10;1-5-6-7-9(4)8(2)3;1-6(2)8(5)7(3)4;1-2/h5-7H,4H2,1-3H3;9H,2,5-7H2,1,3-4H3;7-8H,1H2,2-5H3;1-2H3/t;;8-;/m..1./s1. The molecular weight excluding hydrogens is 348 g/mol. The summed E-state index contributed by atoms with van der Waals surface area (Å²) >= 11 is 0. The third kappa shape index (κ3) is 18.5. The van der Waals surface area contributed by atoms with Crippen LogP contribution >= 0.6 is 0 Å². The van der Waals surface area contributed by atoms with Crippen LogP contribution in [0.4, 0.5) is 0 Å². The topological polar surface area (TPSA) is 0 Å². The van der Waals surface area contributed by atoms with Crippen LogP contribution in [0.25, 0.3) is 0 Å². The van der Waals surface area contributed by atoms with Crippen molar-refractivity contribution in [3.63, 3.8) is 0 Å². The smallest absolute Gasteiger partial charge is 0.0214 e. The van der Waals surface area contributed by atoms with Gasteiger partial charge in [-0.3, -0.25) is 0 Å². The monoisotopic (exact) mass is 402 g/mol. The molecule has 2 atom stereocenters. The highest BCUT2D eigenvalue weighted by Crippen LogP contribution is 2.16. The fourth-order valence-electron chi connectivity index (χ4n) is 2.35. The zero-order chi connectivity index (χ0) is 23.6. The second-order valence-electron chi connectivity index (χ2n) is 8.54. The summed E-state index contributed by atoms with van der Waals surface area (Å²) in [6.07, 6.45) is 5.10. The van der Waals surface area contributed by atoms with Crippen molar-refractivity contribution in [2.45, 2.75) is 109 Å². The molecule has 0 aromatic heterocycles. The maximum Gasteiger partial charge on any atom is -0.0214 e. The Balaban J connectivity index is -0.000000337. The van der Waals surface area contributed by atoms with E-state index in [2.05, 4.69) is 101 Å². The van der Waals surface area contributed by atoms with Gasteiger partial charge in [-0.2, -0.15) is 0 Å². The molecule has 0 N–H and O–H groups in total. The molecule has 29 heavy (non-hydrogen) atoms. The minimum Gasteiger partial charge on any atom is -0.0999 e. The van der Waals surface area contributed by atoms with Gasteiger partial charge in [0.15, 0.2) is 0 Å². The molecule has 0 heterocycles.